The highest BCUT2D eigenvalue weighted by Crippen LogP contribution is 2.34. The maximum absolute atomic E-state index is 14.2. The third-order valence-corrected chi connectivity index (χ3v) is 12.2. The number of halogens is 3. The number of fused-ring (bicyclic) bond motifs is 3. The average Bonchev–Trinajstić information content (AvgIpc) is 4.06. The Labute approximate surface area is 342 Å². The highest BCUT2D eigenvalue weighted by atomic mass is 35.5. The minimum absolute atomic E-state index is 0.0429. The highest BCUT2D eigenvalue weighted by Gasteiger charge is 2.40. The summed E-state index contributed by atoms with van der Waals surface area (Å²) in [5.74, 6) is 6.46. The molecule has 16 nitrogen and oxygen atoms in total. The lowest BCUT2D eigenvalue weighted by molar-refractivity contribution is -0.120. The van der Waals surface area contributed by atoms with E-state index in [1.165, 1.54) is 21.8 Å². The summed E-state index contributed by atoms with van der Waals surface area (Å²) >= 11 is 6.37. The summed E-state index contributed by atoms with van der Waals surface area (Å²) in [5.41, 5.74) is 0.781. The van der Waals surface area contributed by atoms with Gasteiger partial charge in [0.15, 0.2) is 11.3 Å². The Hall–Kier alpha value is -5.64. The molecule has 0 unspecified atom stereocenters. The van der Waals surface area contributed by atoms with Gasteiger partial charge in [-0.15, -0.1) is 0 Å². The molecule has 5 aliphatic heterocycles. The number of anilines is 3. The molecule has 5 amide bonds. The van der Waals surface area contributed by atoms with Gasteiger partial charge in [0, 0.05) is 69.6 Å². The lowest BCUT2D eigenvalue weighted by Crippen LogP contribution is -2.49. The van der Waals surface area contributed by atoms with Crippen molar-refractivity contribution in [3.8, 4) is 11.8 Å². The van der Waals surface area contributed by atoms with Gasteiger partial charge < -0.3 is 19.9 Å². The van der Waals surface area contributed by atoms with E-state index < -0.39 is 24.1 Å². The van der Waals surface area contributed by atoms with Gasteiger partial charge in [0.2, 0.25) is 5.91 Å². The lowest BCUT2D eigenvalue weighted by atomic mass is 9.96. The zero-order chi connectivity index (χ0) is 40.8. The number of rotatable bonds is 8. The summed E-state index contributed by atoms with van der Waals surface area (Å²) in [7, 11) is 0. The summed E-state index contributed by atoms with van der Waals surface area (Å²) in [6.45, 7) is 4.61. The Bertz CT molecular complexity index is 2360. The van der Waals surface area contributed by atoms with Crippen LogP contribution in [-0.4, -0.2) is 122 Å². The molecule has 0 radical (unpaired) electrons. The molecule has 2 atom stereocenters. The lowest BCUT2D eigenvalue weighted by Gasteiger charge is -2.31. The van der Waals surface area contributed by atoms with Crippen molar-refractivity contribution in [2.75, 3.05) is 67.5 Å². The van der Waals surface area contributed by atoms with Crippen LogP contribution in [0.4, 0.5) is 30.8 Å². The van der Waals surface area contributed by atoms with E-state index in [1.54, 1.807) is 34.0 Å². The van der Waals surface area contributed by atoms with Crippen molar-refractivity contribution in [1.82, 2.24) is 39.5 Å². The number of hydrogen-bond acceptors (Lipinski definition) is 10. The highest BCUT2D eigenvalue weighted by molar-refractivity contribution is 6.34. The minimum Gasteiger partial charge on any atom is -0.374 e. The van der Waals surface area contributed by atoms with Crippen LogP contribution in [0.25, 0.3) is 5.65 Å². The van der Waals surface area contributed by atoms with Crippen LogP contribution in [0.1, 0.15) is 77.4 Å². The van der Waals surface area contributed by atoms with Crippen molar-refractivity contribution in [2.45, 2.75) is 63.1 Å². The molecule has 59 heavy (non-hydrogen) atoms. The zero-order valence-corrected chi connectivity index (χ0v) is 32.8. The number of nitrogens with zero attached hydrogens (tertiary/aromatic N) is 9. The number of amides is 5. The van der Waals surface area contributed by atoms with Crippen LogP contribution in [-0.2, 0) is 9.53 Å². The van der Waals surface area contributed by atoms with E-state index >= 15 is 0 Å². The Morgan fingerprint density at radius 2 is 1.86 bits per heavy atom. The number of urea groups is 1. The second-order valence-electron chi connectivity index (χ2n) is 15.6. The molecule has 4 aromatic rings. The van der Waals surface area contributed by atoms with Gasteiger partial charge in [0.05, 0.1) is 53.9 Å². The molecular formula is C40H42ClF2N11O5. The fourth-order valence-electron chi connectivity index (χ4n) is 8.60. The number of imide groups is 1. The van der Waals surface area contributed by atoms with E-state index in [-0.39, 0.29) is 60.1 Å². The van der Waals surface area contributed by atoms with Crippen molar-refractivity contribution >= 4 is 58.2 Å². The fourth-order valence-corrected chi connectivity index (χ4v) is 8.82. The first kappa shape index (κ1) is 38.9. The van der Waals surface area contributed by atoms with Crippen molar-refractivity contribution in [3.63, 3.8) is 0 Å². The molecule has 2 N–H and O–H groups in total. The van der Waals surface area contributed by atoms with Crippen LogP contribution in [0.5, 0.6) is 0 Å². The second-order valence-corrected chi connectivity index (χ2v) is 16.0. The van der Waals surface area contributed by atoms with Gasteiger partial charge in [-0.25, -0.2) is 23.1 Å². The molecule has 5 saturated heterocycles. The number of benzene rings is 1. The Kier molecular flexibility index (Phi) is 10.7. The predicted molar refractivity (Wildman–Crippen MR) is 212 cm³/mol. The first-order valence-corrected chi connectivity index (χ1v) is 20.3. The van der Waals surface area contributed by atoms with Crippen LogP contribution in [0, 0.1) is 17.8 Å². The molecule has 3 aromatic heterocycles. The monoisotopic (exact) mass is 829 g/mol. The maximum Gasteiger partial charge on any atom is 0.328 e. The third-order valence-electron chi connectivity index (χ3n) is 11.9. The van der Waals surface area contributed by atoms with E-state index in [0.717, 1.165) is 31.6 Å². The summed E-state index contributed by atoms with van der Waals surface area (Å²) in [6.07, 6.45) is 5.80. The zero-order valence-electron chi connectivity index (χ0n) is 32.0. The van der Waals surface area contributed by atoms with Gasteiger partial charge in [-0.2, -0.15) is 10.2 Å². The first-order valence-electron chi connectivity index (χ1n) is 19.9. The van der Waals surface area contributed by atoms with Crippen LogP contribution in [0.15, 0.2) is 42.9 Å². The number of hydrogen-bond donors (Lipinski definition) is 2. The van der Waals surface area contributed by atoms with E-state index in [4.69, 9.17) is 21.3 Å². The number of alkyl halides is 2. The van der Waals surface area contributed by atoms with Crippen molar-refractivity contribution < 1.29 is 32.7 Å². The fraction of sp³-hybridized carbons (Fsp3) is 0.475. The summed E-state index contributed by atoms with van der Waals surface area (Å²) in [6, 6.07) is 6.23. The van der Waals surface area contributed by atoms with Gasteiger partial charge in [-0.1, -0.05) is 23.4 Å². The van der Waals surface area contributed by atoms with Crippen molar-refractivity contribution in [2.24, 2.45) is 5.92 Å². The maximum atomic E-state index is 14.2. The van der Waals surface area contributed by atoms with Gasteiger partial charge in [-0.05, 0) is 56.4 Å². The average molecular weight is 830 g/mol. The molecule has 308 valence electrons. The summed E-state index contributed by atoms with van der Waals surface area (Å²) in [4.78, 5) is 63.1. The number of nitrogens with one attached hydrogen (secondary N) is 2. The van der Waals surface area contributed by atoms with E-state index in [0.29, 0.717) is 74.1 Å². The predicted octanol–water partition coefficient (Wildman–Crippen LogP) is 4.39. The number of aromatic nitrogens is 5. The molecule has 0 spiro atoms. The van der Waals surface area contributed by atoms with Crippen molar-refractivity contribution in [3.05, 3.63) is 64.7 Å². The van der Waals surface area contributed by atoms with Crippen LogP contribution < -0.4 is 20.4 Å². The van der Waals surface area contributed by atoms with Gasteiger partial charge in [-0.3, -0.25) is 34.2 Å². The number of piperidine rings is 2. The molecule has 8 heterocycles. The molecule has 0 saturated carbocycles. The smallest absolute Gasteiger partial charge is 0.328 e. The normalized spacial score (nSPS) is 21.7. The number of carbonyl (C=O) groups excluding carboxylic acids is 4. The number of morpholine rings is 1. The number of likely N-dealkylation sites (tertiary alicyclic amines) is 2. The molecular weight excluding hydrogens is 788 g/mol. The quantitative estimate of drug-likeness (QED) is 0.244. The van der Waals surface area contributed by atoms with Crippen LogP contribution in [0.2, 0.25) is 5.02 Å². The standard InChI is InChI=1S/C40H42ClF2N11O5/c41-30-4-3-25(18-32(30)51-16-10-34(55)47-40(51)58)39(57)50-14-5-24(6-15-50)2-1-11-49-12-7-26(8-13-49)54-22-31(35(48-54)36(42)43)45-38(56)29-20-44-53-17-9-33(46-37(29)53)52-21-28-19-27(52)23-59-28/h3-4,9,17-18,20,22,24,26-28,36H,5-8,10-16,19,21,23H2,(H,45,56)(H,47,55,58)/t27-,28-/m1/s1. The van der Waals surface area contributed by atoms with Crippen molar-refractivity contribution in [1.29, 1.82) is 0 Å². The molecule has 0 aliphatic carbocycles. The van der Waals surface area contributed by atoms with E-state index in [1.807, 2.05) is 6.07 Å². The third kappa shape index (κ3) is 7.94. The van der Waals surface area contributed by atoms with Gasteiger partial charge in [0.1, 0.15) is 11.4 Å². The molecule has 5 fully saturated rings. The summed E-state index contributed by atoms with van der Waals surface area (Å²) in [5, 5.41) is 13.7. The molecule has 9 rings (SSSR count). The SMILES string of the molecule is O=C1CCN(c2cc(C(=O)N3CCC(C#CCN4CCC(n5cc(NC(=O)c6cnn7ccc(N8C[C@H]9C[C@@H]8CO9)nc67)c(C(F)F)n5)CC4)CC3)ccc2Cl)C(=O)N1. The molecule has 1 aromatic carbocycles. The topological polar surface area (TPSA) is 163 Å². The Balaban J connectivity index is 0.763. The minimum atomic E-state index is -2.89. The van der Waals surface area contributed by atoms with Crippen LogP contribution >= 0.6 is 11.6 Å². The van der Waals surface area contributed by atoms with Gasteiger partial charge in [0.25, 0.3) is 18.2 Å². The van der Waals surface area contributed by atoms with Crippen LogP contribution in [0.3, 0.4) is 0 Å². The first-order chi connectivity index (χ1) is 28.6. The molecule has 19 heteroatoms. The second kappa shape index (κ2) is 16.2. The largest absolute Gasteiger partial charge is 0.374 e. The van der Waals surface area contributed by atoms with E-state index in [9.17, 15) is 28.0 Å². The molecule has 5 aliphatic rings. The molecule has 2 bridgehead atoms. The Morgan fingerprint density at radius 1 is 1.05 bits per heavy atom. The van der Waals surface area contributed by atoms with E-state index in [2.05, 4.69) is 42.5 Å². The number of carbonyl (C=O) groups is 4. The summed E-state index contributed by atoms with van der Waals surface area (Å²) < 4.78 is 37.2. The Morgan fingerprint density at radius 3 is 2.59 bits per heavy atom. The number of ether oxygens (including phenoxy) is 1. The van der Waals surface area contributed by atoms with Gasteiger partial charge >= 0.3 is 6.03 Å².